The first-order valence-electron chi connectivity index (χ1n) is 6.50. The molecule has 0 fully saturated rings. The Hall–Kier alpha value is -1.60. The number of benzene rings is 2. The summed E-state index contributed by atoms with van der Waals surface area (Å²) in [6.07, 6.45) is 1.70. The van der Waals surface area contributed by atoms with Crippen LogP contribution >= 0.6 is 11.6 Å². The lowest BCUT2D eigenvalue weighted by molar-refractivity contribution is 0.103. The molecule has 0 amide bonds. The van der Waals surface area contributed by atoms with Crippen LogP contribution in [0.15, 0.2) is 30.3 Å². The summed E-state index contributed by atoms with van der Waals surface area (Å²) >= 11 is 6.23. The monoisotopic (exact) mass is 270 g/mol. The van der Waals surface area contributed by atoms with Gasteiger partial charge in [-0.2, -0.15) is 0 Å². The molecule has 0 aliphatic heterocycles. The maximum atomic E-state index is 12.7. The second-order valence-electron chi connectivity index (χ2n) is 5.19. The molecule has 2 heteroatoms. The highest BCUT2D eigenvalue weighted by Gasteiger charge is 2.22. The number of carbonyl (C=O) groups excluding carboxylic acids is 1. The summed E-state index contributed by atoms with van der Waals surface area (Å²) in [6, 6.07) is 9.75. The normalized spacial score (nSPS) is 13.7. The Morgan fingerprint density at radius 3 is 2.53 bits per heavy atom. The zero-order valence-electron chi connectivity index (χ0n) is 11.1. The highest BCUT2D eigenvalue weighted by Crippen LogP contribution is 2.30. The molecule has 0 radical (unpaired) electrons. The maximum absolute atomic E-state index is 12.7. The summed E-state index contributed by atoms with van der Waals surface area (Å²) < 4.78 is 0. The fourth-order valence-corrected chi connectivity index (χ4v) is 2.99. The first kappa shape index (κ1) is 12.4. The number of carbonyl (C=O) groups is 1. The van der Waals surface area contributed by atoms with Crippen molar-refractivity contribution in [3.05, 3.63) is 68.7 Å². The fourth-order valence-electron chi connectivity index (χ4n) is 2.72. The van der Waals surface area contributed by atoms with Gasteiger partial charge in [0.05, 0.1) is 0 Å². The predicted molar refractivity (Wildman–Crippen MR) is 78.2 cm³/mol. The lowest BCUT2D eigenvalue weighted by Crippen LogP contribution is -2.05. The lowest BCUT2D eigenvalue weighted by Gasteiger charge is -2.09. The largest absolute Gasteiger partial charge is 0.289 e. The van der Waals surface area contributed by atoms with Gasteiger partial charge in [0, 0.05) is 16.1 Å². The summed E-state index contributed by atoms with van der Waals surface area (Å²) in [5.41, 5.74) is 6.13. The second kappa shape index (κ2) is 4.50. The van der Waals surface area contributed by atoms with Gasteiger partial charge in [-0.15, -0.1) is 0 Å². The minimum Gasteiger partial charge on any atom is -0.289 e. The SMILES string of the molecule is Cc1cc2c(cc1C)C(=O)c1cccc(Cl)c1CC2. The van der Waals surface area contributed by atoms with E-state index in [-0.39, 0.29) is 5.78 Å². The van der Waals surface area contributed by atoms with Gasteiger partial charge in [0.2, 0.25) is 0 Å². The Morgan fingerprint density at radius 1 is 1.00 bits per heavy atom. The third-order valence-corrected chi connectivity index (χ3v) is 4.33. The minimum atomic E-state index is 0.105. The van der Waals surface area contributed by atoms with Crippen molar-refractivity contribution in [1.82, 2.24) is 0 Å². The average Bonchev–Trinajstić information content (AvgIpc) is 2.51. The van der Waals surface area contributed by atoms with E-state index in [1.807, 2.05) is 31.2 Å². The van der Waals surface area contributed by atoms with Crippen LogP contribution in [0.2, 0.25) is 5.02 Å². The van der Waals surface area contributed by atoms with E-state index in [1.165, 1.54) is 5.56 Å². The molecular formula is C17H15ClO. The van der Waals surface area contributed by atoms with E-state index in [0.29, 0.717) is 5.02 Å². The molecule has 0 aromatic heterocycles. The van der Waals surface area contributed by atoms with Crippen molar-refractivity contribution in [1.29, 1.82) is 0 Å². The molecule has 0 atom stereocenters. The van der Waals surface area contributed by atoms with Gasteiger partial charge < -0.3 is 0 Å². The highest BCUT2D eigenvalue weighted by molar-refractivity contribution is 6.32. The van der Waals surface area contributed by atoms with Crippen molar-refractivity contribution < 1.29 is 4.79 Å². The number of hydrogen-bond donors (Lipinski definition) is 0. The summed E-state index contributed by atoms with van der Waals surface area (Å²) in [4.78, 5) is 12.7. The minimum absolute atomic E-state index is 0.105. The van der Waals surface area contributed by atoms with Gasteiger partial charge in [0.25, 0.3) is 0 Å². The average molecular weight is 271 g/mol. The first-order valence-corrected chi connectivity index (χ1v) is 6.88. The van der Waals surface area contributed by atoms with Crippen LogP contribution in [-0.2, 0) is 12.8 Å². The van der Waals surface area contributed by atoms with Gasteiger partial charge in [-0.25, -0.2) is 0 Å². The number of rotatable bonds is 0. The van der Waals surface area contributed by atoms with Gasteiger partial charge in [0.1, 0.15) is 0 Å². The van der Waals surface area contributed by atoms with Gasteiger partial charge in [-0.1, -0.05) is 29.8 Å². The molecule has 1 aliphatic carbocycles. The zero-order valence-corrected chi connectivity index (χ0v) is 11.8. The summed E-state index contributed by atoms with van der Waals surface area (Å²) in [5, 5.41) is 0.701. The van der Waals surface area contributed by atoms with Crippen molar-refractivity contribution in [2.45, 2.75) is 26.7 Å². The van der Waals surface area contributed by atoms with Crippen LogP contribution in [0.3, 0.4) is 0 Å². The van der Waals surface area contributed by atoms with Crippen LogP contribution in [0.4, 0.5) is 0 Å². The summed E-state index contributed by atoms with van der Waals surface area (Å²) in [7, 11) is 0. The van der Waals surface area contributed by atoms with Crippen molar-refractivity contribution in [2.75, 3.05) is 0 Å². The van der Waals surface area contributed by atoms with Gasteiger partial charge in [-0.3, -0.25) is 4.79 Å². The van der Waals surface area contributed by atoms with E-state index in [4.69, 9.17) is 11.6 Å². The Kier molecular flexibility index (Phi) is 2.94. The fraction of sp³-hybridized carbons (Fsp3) is 0.235. The molecule has 0 saturated heterocycles. The van der Waals surface area contributed by atoms with E-state index >= 15 is 0 Å². The molecule has 2 aromatic carbocycles. The van der Waals surface area contributed by atoms with Gasteiger partial charge in [0.15, 0.2) is 5.78 Å². The number of fused-ring (bicyclic) bond motifs is 2. The lowest BCUT2D eigenvalue weighted by atomic mass is 9.95. The van der Waals surface area contributed by atoms with Gasteiger partial charge in [-0.05, 0) is 61.1 Å². The molecule has 3 rings (SSSR count). The Labute approximate surface area is 118 Å². The molecule has 96 valence electrons. The van der Waals surface area contributed by atoms with Crippen LogP contribution in [0.25, 0.3) is 0 Å². The number of aryl methyl sites for hydroxylation is 3. The molecule has 0 unspecified atom stereocenters. The van der Waals surface area contributed by atoms with Crippen LogP contribution in [0, 0.1) is 13.8 Å². The Bertz CT molecular complexity index is 686. The molecule has 19 heavy (non-hydrogen) atoms. The molecule has 0 spiro atoms. The molecule has 0 heterocycles. The van der Waals surface area contributed by atoms with Crippen molar-refractivity contribution in [3.63, 3.8) is 0 Å². The van der Waals surface area contributed by atoms with Crippen LogP contribution in [0.1, 0.15) is 38.2 Å². The molecule has 1 nitrogen and oxygen atoms in total. The molecule has 0 N–H and O–H groups in total. The van der Waals surface area contributed by atoms with Gasteiger partial charge >= 0.3 is 0 Å². The standard InChI is InChI=1S/C17H15ClO/c1-10-8-12-6-7-13-14(4-3-5-16(13)18)17(19)15(12)9-11(10)2/h3-5,8-9H,6-7H2,1-2H3. The maximum Gasteiger partial charge on any atom is 0.193 e. The van der Waals surface area contributed by atoms with Crippen LogP contribution in [-0.4, -0.2) is 5.78 Å². The molecular weight excluding hydrogens is 256 g/mol. The van der Waals surface area contributed by atoms with Crippen LogP contribution < -0.4 is 0 Å². The summed E-state index contributed by atoms with van der Waals surface area (Å²) in [6.45, 7) is 4.14. The van der Waals surface area contributed by atoms with Crippen LogP contribution in [0.5, 0.6) is 0 Å². The Balaban J connectivity index is 2.24. The number of hydrogen-bond acceptors (Lipinski definition) is 1. The van der Waals surface area contributed by atoms with E-state index in [0.717, 1.165) is 40.7 Å². The first-order chi connectivity index (χ1) is 9.08. The van der Waals surface area contributed by atoms with E-state index in [9.17, 15) is 4.79 Å². The topological polar surface area (TPSA) is 17.1 Å². The van der Waals surface area contributed by atoms with E-state index in [1.54, 1.807) is 0 Å². The Morgan fingerprint density at radius 2 is 1.74 bits per heavy atom. The smallest absolute Gasteiger partial charge is 0.193 e. The second-order valence-corrected chi connectivity index (χ2v) is 5.60. The quantitative estimate of drug-likeness (QED) is 0.698. The van der Waals surface area contributed by atoms with E-state index < -0.39 is 0 Å². The summed E-state index contributed by atoms with van der Waals surface area (Å²) in [5.74, 6) is 0.105. The third kappa shape index (κ3) is 1.98. The number of ketones is 1. The molecule has 0 bridgehead atoms. The highest BCUT2D eigenvalue weighted by atomic mass is 35.5. The zero-order chi connectivity index (χ0) is 13.6. The number of halogens is 1. The molecule has 2 aromatic rings. The predicted octanol–water partition coefficient (Wildman–Crippen LogP) is 4.29. The van der Waals surface area contributed by atoms with E-state index in [2.05, 4.69) is 13.0 Å². The molecule has 1 aliphatic rings. The van der Waals surface area contributed by atoms with Crippen molar-refractivity contribution in [2.24, 2.45) is 0 Å². The van der Waals surface area contributed by atoms with Crippen molar-refractivity contribution >= 4 is 17.4 Å². The van der Waals surface area contributed by atoms with Crippen molar-refractivity contribution in [3.8, 4) is 0 Å². The third-order valence-electron chi connectivity index (χ3n) is 3.97. The molecule has 0 saturated carbocycles.